The molecule has 4 nitrogen and oxygen atoms in total. The lowest BCUT2D eigenvalue weighted by Gasteiger charge is -2.34. The third kappa shape index (κ3) is 3.82. The fourth-order valence-electron chi connectivity index (χ4n) is 2.49. The predicted molar refractivity (Wildman–Crippen MR) is 86.7 cm³/mol. The SMILES string of the molecule is CCCNCC1CCCCN1S(=O)(=O)c1ccc(Br)s1. The molecule has 1 aromatic heterocycles. The molecule has 114 valence electrons. The van der Waals surface area contributed by atoms with Gasteiger partial charge in [0.05, 0.1) is 3.79 Å². The van der Waals surface area contributed by atoms with E-state index >= 15 is 0 Å². The quantitative estimate of drug-likeness (QED) is 0.771. The van der Waals surface area contributed by atoms with Crippen LogP contribution < -0.4 is 5.32 Å². The van der Waals surface area contributed by atoms with E-state index in [1.165, 1.54) is 11.3 Å². The van der Waals surface area contributed by atoms with Crippen molar-refractivity contribution in [2.45, 2.75) is 42.9 Å². The molecule has 1 aliphatic heterocycles. The molecule has 0 aliphatic carbocycles. The van der Waals surface area contributed by atoms with E-state index in [0.29, 0.717) is 10.8 Å². The van der Waals surface area contributed by atoms with Crippen molar-refractivity contribution in [3.8, 4) is 0 Å². The number of rotatable bonds is 6. The van der Waals surface area contributed by atoms with Crippen LogP contribution in [0.4, 0.5) is 0 Å². The lowest BCUT2D eigenvalue weighted by Crippen LogP contribution is -2.48. The Morgan fingerprint density at radius 2 is 2.25 bits per heavy atom. The van der Waals surface area contributed by atoms with Crippen LogP contribution >= 0.6 is 27.3 Å². The van der Waals surface area contributed by atoms with Crippen LogP contribution in [-0.4, -0.2) is 38.4 Å². The Morgan fingerprint density at radius 1 is 1.45 bits per heavy atom. The number of piperidine rings is 1. The minimum absolute atomic E-state index is 0.0844. The zero-order valence-electron chi connectivity index (χ0n) is 11.6. The smallest absolute Gasteiger partial charge is 0.252 e. The van der Waals surface area contributed by atoms with E-state index in [1.54, 1.807) is 16.4 Å². The van der Waals surface area contributed by atoms with Crippen LogP contribution in [0.5, 0.6) is 0 Å². The number of thiophene rings is 1. The lowest BCUT2D eigenvalue weighted by atomic mass is 10.1. The Labute approximate surface area is 133 Å². The minimum atomic E-state index is -3.35. The predicted octanol–water partition coefficient (Wildman–Crippen LogP) is 3.05. The Balaban J connectivity index is 2.14. The standard InChI is InChI=1S/C13H21BrN2O2S2/c1-2-8-15-10-11-5-3-4-9-16(11)20(17,18)13-7-6-12(14)19-13/h6-7,11,15H,2-5,8-10H2,1H3. The van der Waals surface area contributed by atoms with Crippen molar-refractivity contribution in [2.75, 3.05) is 19.6 Å². The van der Waals surface area contributed by atoms with E-state index in [9.17, 15) is 8.42 Å². The summed E-state index contributed by atoms with van der Waals surface area (Å²) in [6.07, 6.45) is 4.08. The summed E-state index contributed by atoms with van der Waals surface area (Å²) in [5.41, 5.74) is 0. The van der Waals surface area contributed by atoms with Gasteiger partial charge in [-0.2, -0.15) is 4.31 Å². The summed E-state index contributed by atoms with van der Waals surface area (Å²) < 4.78 is 28.4. The van der Waals surface area contributed by atoms with Crippen molar-refractivity contribution in [2.24, 2.45) is 0 Å². The molecule has 0 spiro atoms. The fourth-order valence-corrected chi connectivity index (χ4v) is 6.32. The maximum Gasteiger partial charge on any atom is 0.252 e. The van der Waals surface area contributed by atoms with Crippen LogP contribution in [0.3, 0.4) is 0 Å². The number of hydrogen-bond donors (Lipinski definition) is 1. The maximum atomic E-state index is 12.7. The second-order valence-electron chi connectivity index (χ2n) is 5.03. The molecule has 2 rings (SSSR count). The van der Waals surface area contributed by atoms with Gasteiger partial charge < -0.3 is 5.32 Å². The minimum Gasteiger partial charge on any atom is -0.315 e. The number of halogens is 1. The second-order valence-corrected chi connectivity index (χ2v) is 9.61. The topological polar surface area (TPSA) is 49.4 Å². The maximum absolute atomic E-state index is 12.7. The molecule has 0 aromatic carbocycles. The van der Waals surface area contributed by atoms with Crippen molar-refractivity contribution in [1.82, 2.24) is 9.62 Å². The molecule has 0 bridgehead atoms. The summed E-state index contributed by atoms with van der Waals surface area (Å²) >= 11 is 4.62. The first-order chi connectivity index (χ1) is 9.55. The van der Waals surface area contributed by atoms with Crippen molar-refractivity contribution >= 4 is 37.3 Å². The van der Waals surface area contributed by atoms with Gasteiger partial charge in [-0.1, -0.05) is 13.3 Å². The average molecular weight is 381 g/mol. The Hall–Kier alpha value is 0.0500. The van der Waals surface area contributed by atoms with Crippen LogP contribution in [0.2, 0.25) is 0 Å². The zero-order valence-corrected chi connectivity index (χ0v) is 14.9. The van der Waals surface area contributed by atoms with Gasteiger partial charge in [0.1, 0.15) is 4.21 Å². The summed E-state index contributed by atoms with van der Waals surface area (Å²) in [4.78, 5) is 0. The van der Waals surface area contributed by atoms with Gasteiger partial charge in [0.15, 0.2) is 0 Å². The van der Waals surface area contributed by atoms with Gasteiger partial charge in [0.2, 0.25) is 0 Å². The van der Waals surface area contributed by atoms with E-state index in [-0.39, 0.29) is 6.04 Å². The van der Waals surface area contributed by atoms with Gasteiger partial charge in [-0.15, -0.1) is 11.3 Å². The van der Waals surface area contributed by atoms with Crippen LogP contribution in [-0.2, 0) is 10.0 Å². The van der Waals surface area contributed by atoms with Crippen LogP contribution in [0, 0.1) is 0 Å². The first-order valence-electron chi connectivity index (χ1n) is 7.03. The number of nitrogens with zero attached hydrogens (tertiary/aromatic N) is 1. The highest BCUT2D eigenvalue weighted by Crippen LogP contribution is 2.31. The van der Waals surface area contributed by atoms with E-state index in [2.05, 4.69) is 28.2 Å². The Kier molecular flexibility index (Phi) is 6.04. The van der Waals surface area contributed by atoms with Crippen molar-refractivity contribution in [3.63, 3.8) is 0 Å². The van der Waals surface area contributed by atoms with Crippen molar-refractivity contribution in [1.29, 1.82) is 0 Å². The normalized spacial score (nSPS) is 21.2. The Morgan fingerprint density at radius 3 is 2.90 bits per heavy atom. The van der Waals surface area contributed by atoms with E-state index in [4.69, 9.17) is 0 Å². The van der Waals surface area contributed by atoms with Gasteiger partial charge in [0.25, 0.3) is 10.0 Å². The summed E-state index contributed by atoms with van der Waals surface area (Å²) in [7, 11) is -3.35. The molecule has 0 radical (unpaired) electrons. The molecule has 1 saturated heterocycles. The summed E-state index contributed by atoms with van der Waals surface area (Å²) in [6.45, 7) is 4.44. The van der Waals surface area contributed by atoms with E-state index in [0.717, 1.165) is 42.6 Å². The molecule has 1 aromatic rings. The molecular weight excluding hydrogens is 360 g/mol. The molecule has 1 unspecified atom stereocenters. The van der Waals surface area contributed by atoms with Crippen molar-refractivity contribution < 1.29 is 8.42 Å². The van der Waals surface area contributed by atoms with Gasteiger partial charge in [-0.25, -0.2) is 8.42 Å². The highest BCUT2D eigenvalue weighted by molar-refractivity contribution is 9.11. The van der Waals surface area contributed by atoms with Crippen LogP contribution in [0.15, 0.2) is 20.1 Å². The van der Waals surface area contributed by atoms with Gasteiger partial charge in [-0.05, 0) is 53.9 Å². The molecule has 1 fully saturated rings. The fraction of sp³-hybridized carbons (Fsp3) is 0.692. The van der Waals surface area contributed by atoms with Crippen LogP contribution in [0.25, 0.3) is 0 Å². The molecule has 0 amide bonds. The van der Waals surface area contributed by atoms with Gasteiger partial charge >= 0.3 is 0 Å². The molecular formula is C13H21BrN2O2S2. The summed E-state index contributed by atoms with van der Waals surface area (Å²) in [5.74, 6) is 0. The largest absolute Gasteiger partial charge is 0.315 e. The second kappa shape index (κ2) is 7.35. The molecule has 0 saturated carbocycles. The van der Waals surface area contributed by atoms with E-state index in [1.807, 2.05) is 0 Å². The average Bonchev–Trinajstić information content (AvgIpc) is 2.87. The third-order valence-electron chi connectivity index (χ3n) is 3.49. The third-order valence-corrected chi connectivity index (χ3v) is 7.53. The first kappa shape index (κ1) is 16.4. The molecule has 1 aliphatic rings. The zero-order chi connectivity index (χ0) is 14.6. The van der Waals surface area contributed by atoms with Crippen molar-refractivity contribution in [3.05, 3.63) is 15.9 Å². The van der Waals surface area contributed by atoms with Crippen LogP contribution in [0.1, 0.15) is 32.6 Å². The highest BCUT2D eigenvalue weighted by Gasteiger charge is 2.33. The lowest BCUT2D eigenvalue weighted by molar-refractivity contribution is 0.246. The molecule has 7 heteroatoms. The Bertz CT molecular complexity index is 530. The summed E-state index contributed by atoms with van der Waals surface area (Å²) in [6, 6.07) is 3.57. The van der Waals surface area contributed by atoms with Gasteiger partial charge in [-0.3, -0.25) is 0 Å². The molecule has 1 N–H and O–H groups in total. The van der Waals surface area contributed by atoms with E-state index < -0.39 is 10.0 Å². The highest BCUT2D eigenvalue weighted by atomic mass is 79.9. The molecule has 20 heavy (non-hydrogen) atoms. The molecule has 2 heterocycles. The number of sulfonamides is 1. The summed E-state index contributed by atoms with van der Waals surface area (Å²) in [5, 5.41) is 3.35. The number of hydrogen-bond acceptors (Lipinski definition) is 4. The molecule has 1 atom stereocenters. The first-order valence-corrected chi connectivity index (χ1v) is 10.1. The van der Waals surface area contributed by atoms with Gasteiger partial charge in [0, 0.05) is 19.1 Å². The monoisotopic (exact) mass is 380 g/mol. The number of nitrogens with one attached hydrogen (secondary N) is 1.